The lowest BCUT2D eigenvalue weighted by molar-refractivity contribution is 0.0950. The molecule has 3 rings (SSSR count). The van der Waals surface area contributed by atoms with E-state index in [9.17, 15) is 4.79 Å². The molecule has 0 aliphatic carbocycles. The SMILES string of the molecule is O=C(N/N=C\c1ccccc1)c1cc(-c2ccc(Cl)cc2)n[nH]1. The fourth-order valence-corrected chi connectivity index (χ4v) is 2.10. The number of aromatic amines is 1. The van der Waals surface area contributed by atoms with Crippen LogP contribution in [0.25, 0.3) is 11.3 Å². The first-order chi connectivity index (χ1) is 11.2. The summed E-state index contributed by atoms with van der Waals surface area (Å²) in [5, 5.41) is 11.4. The Balaban J connectivity index is 1.67. The van der Waals surface area contributed by atoms with Crippen molar-refractivity contribution < 1.29 is 4.79 Å². The minimum absolute atomic E-state index is 0.333. The third-order valence-corrected chi connectivity index (χ3v) is 3.39. The van der Waals surface area contributed by atoms with Gasteiger partial charge in [-0.1, -0.05) is 54.1 Å². The Hall–Kier alpha value is -2.92. The molecule has 0 saturated carbocycles. The fraction of sp³-hybridized carbons (Fsp3) is 0. The smallest absolute Gasteiger partial charge is 0.272 e. The molecule has 0 aliphatic rings. The van der Waals surface area contributed by atoms with Gasteiger partial charge in [0.25, 0.3) is 5.91 Å². The first kappa shape index (κ1) is 15.0. The molecule has 0 atom stereocenters. The van der Waals surface area contributed by atoms with E-state index in [4.69, 9.17) is 11.6 Å². The van der Waals surface area contributed by atoms with Crippen LogP contribution in [-0.2, 0) is 0 Å². The third kappa shape index (κ3) is 3.84. The van der Waals surface area contributed by atoms with Gasteiger partial charge in [-0.05, 0) is 23.8 Å². The molecule has 5 nitrogen and oxygen atoms in total. The van der Waals surface area contributed by atoms with Gasteiger partial charge in [-0.25, -0.2) is 5.43 Å². The van der Waals surface area contributed by atoms with Gasteiger partial charge in [0.05, 0.1) is 11.9 Å². The quantitative estimate of drug-likeness (QED) is 0.569. The van der Waals surface area contributed by atoms with Gasteiger partial charge in [-0.3, -0.25) is 9.89 Å². The van der Waals surface area contributed by atoms with Crippen molar-refractivity contribution in [1.29, 1.82) is 0 Å². The Morgan fingerprint density at radius 2 is 1.87 bits per heavy atom. The molecule has 6 heteroatoms. The summed E-state index contributed by atoms with van der Waals surface area (Å²) in [6.45, 7) is 0. The molecule has 3 aromatic rings. The van der Waals surface area contributed by atoms with Gasteiger partial charge in [0.15, 0.2) is 0 Å². The molecule has 0 unspecified atom stereocenters. The molecule has 1 heterocycles. The van der Waals surface area contributed by atoms with Gasteiger partial charge in [-0.15, -0.1) is 0 Å². The van der Waals surface area contributed by atoms with E-state index in [1.165, 1.54) is 0 Å². The number of halogens is 1. The Kier molecular flexibility index (Phi) is 4.49. The number of hydrazone groups is 1. The van der Waals surface area contributed by atoms with E-state index in [1.807, 2.05) is 42.5 Å². The van der Waals surface area contributed by atoms with E-state index >= 15 is 0 Å². The van der Waals surface area contributed by atoms with Crippen molar-refractivity contribution in [3.05, 3.63) is 76.9 Å². The monoisotopic (exact) mass is 324 g/mol. The number of hydrogen-bond donors (Lipinski definition) is 2. The lowest BCUT2D eigenvalue weighted by atomic mass is 10.1. The van der Waals surface area contributed by atoms with Crippen LogP contribution >= 0.6 is 11.6 Å². The zero-order valence-corrected chi connectivity index (χ0v) is 12.8. The van der Waals surface area contributed by atoms with E-state index in [-0.39, 0.29) is 5.91 Å². The summed E-state index contributed by atoms with van der Waals surface area (Å²) in [5.74, 6) is -0.357. The predicted octanol–water partition coefficient (Wildman–Crippen LogP) is 3.49. The third-order valence-electron chi connectivity index (χ3n) is 3.14. The summed E-state index contributed by atoms with van der Waals surface area (Å²) < 4.78 is 0. The second-order valence-corrected chi connectivity index (χ2v) is 5.22. The first-order valence-electron chi connectivity index (χ1n) is 6.92. The highest BCUT2D eigenvalue weighted by molar-refractivity contribution is 6.30. The van der Waals surface area contributed by atoms with Gasteiger partial charge in [0.2, 0.25) is 0 Å². The number of aromatic nitrogens is 2. The van der Waals surface area contributed by atoms with Crippen molar-refractivity contribution in [2.75, 3.05) is 0 Å². The molecule has 2 aromatic carbocycles. The number of nitrogens with zero attached hydrogens (tertiary/aromatic N) is 2. The molecule has 114 valence electrons. The van der Waals surface area contributed by atoms with E-state index in [1.54, 1.807) is 24.4 Å². The molecule has 2 N–H and O–H groups in total. The van der Waals surface area contributed by atoms with Crippen molar-refractivity contribution in [3.8, 4) is 11.3 Å². The van der Waals surface area contributed by atoms with Crippen LogP contribution < -0.4 is 5.43 Å². The average molecular weight is 325 g/mol. The zero-order chi connectivity index (χ0) is 16.1. The minimum atomic E-state index is -0.357. The summed E-state index contributed by atoms with van der Waals surface area (Å²) >= 11 is 5.85. The Morgan fingerprint density at radius 3 is 2.61 bits per heavy atom. The maximum absolute atomic E-state index is 12.0. The molecule has 0 spiro atoms. The number of carbonyl (C=O) groups is 1. The fourth-order valence-electron chi connectivity index (χ4n) is 1.97. The van der Waals surface area contributed by atoms with Crippen LogP contribution in [0.5, 0.6) is 0 Å². The topological polar surface area (TPSA) is 70.1 Å². The summed E-state index contributed by atoms with van der Waals surface area (Å²) in [7, 11) is 0. The van der Waals surface area contributed by atoms with Gasteiger partial charge < -0.3 is 0 Å². The molecule has 0 aliphatic heterocycles. The van der Waals surface area contributed by atoms with Crippen molar-refractivity contribution in [1.82, 2.24) is 15.6 Å². The number of rotatable bonds is 4. The highest BCUT2D eigenvalue weighted by Crippen LogP contribution is 2.20. The van der Waals surface area contributed by atoms with E-state index in [2.05, 4.69) is 20.7 Å². The van der Waals surface area contributed by atoms with Gasteiger partial charge in [0, 0.05) is 10.6 Å². The Morgan fingerprint density at radius 1 is 1.13 bits per heavy atom. The average Bonchev–Trinajstić information content (AvgIpc) is 3.06. The minimum Gasteiger partial charge on any atom is -0.272 e. The van der Waals surface area contributed by atoms with Crippen LogP contribution in [0.4, 0.5) is 0 Å². The van der Waals surface area contributed by atoms with Crippen LogP contribution in [0.1, 0.15) is 16.1 Å². The highest BCUT2D eigenvalue weighted by atomic mass is 35.5. The number of carbonyl (C=O) groups excluding carboxylic acids is 1. The normalized spacial score (nSPS) is 10.8. The lowest BCUT2D eigenvalue weighted by Crippen LogP contribution is -2.17. The van der Waals surface area contributed by atoms with E-state index < -0.39 is 0 Å². The first-order valence-corrected chi connectivity index (χ1v) is 7.30. The standard InChI is InChI=1S/C17H13ClN4O/c18-14-8-6-13(7-9-14)15-10-16(21-20-15)17(23)22-19-11-12-4-2-1-3-5-12/h1-11H,(H,20,21)(H,22,23)/b19-11-. The van der Waals surface area contributed by atoms with Gasteiger partial charge in [0.1, 0.15) is 5.69 Å². The van der Waals surface area contributed by atoms with Crippen molar-refractivity contribution in [2.45, 2.75) is 0 Å². The van der Waals surface area contributed by atoms with E-state index in [0.29, 0.717) is 16.4 Å². The molecule has 0 bridgehead atoms. The molecule has 0 fully saturated rings. The summed E-state index contributed by atoms with van der Waals surface area (Å²) in [6, 6.07) is 18.4. The Labute approximate surface area is 138 Å². The summed E-state index contributed by atoms with van der Waals surface area (Å²) in [5.41, 5.74) is 5.23. The number of H-pyrrole nitrogens is 1. The molecule has 1 amide bonds. The van der Waals surface area contributed by atoms with Crippen LogP contribution in [-0.4, -0.2) is 22.3 Å². The number of benzene rings is 2. The summed E-state index contributed by atoms with van der Waals surface area (Å²) in [6.07, 6.45) is 1.58. The molecular weight excluding hydrogens is 312 g/mol. The molecule has 1 aromatic heterocycles. The molecule has 0 saturated heterocycles. The zero-order valence-electron chi connectivity index (χ0n) is 12.0. The maximum Gasteiger partial charge on any atom is 0.289 e. The number of amides is 1. The maximum atomic E-state index is 12.0. The van der Waals surface area contributed by atoms with Crippen LogP contribution in [0.2, 0.25) is 5.02 Å². The largest absolute Gasteiger partial charge is 0.289 e. The van der Waals surface area contributed by atoms with Gasteiger partial charge >= 0.3 is 0 Å². The molecular formula is C17H13ClN4O. The Bertz CT molecular complexity index is 825. The van der Waals surface area contributed by atoms with Crippen LogP contribution in [0.15, 0.2) is 65.8 Å². The predicted molar refractivity (Wildman–Crippen MR) is 90.5 cm³/mol. The number of hydrogen-bond acceptors (Lipinski definition) is 3. The van der Waals surface area contributed by atoms with Gasteiger partial charge in [-0.2, -0.15) is 10.2 Å². The molecule has 0 radical (unpaired) electrons. The van der Waals surface area contributed by atoms with Crippen molar-refractivity contribution in [2.24, 2.45) is 5.10 Å². The van der Waals surface area contributed by atoms with Crippen LogP contribution in [0, 0.1) is 0 Å². The van der Waals surface area contributed by atoms with Crippen molar-refractivity contribution in [3.63, 3.8) is 0 Å². The van der Waals surface area contributed by atoms with Crippen molar-refractivity contribution >= 4 is 23.7 Å². The second-order valence-electron chi connectivity index (χ2n) is 4.78. The lowest BCUT2D eigenvalue weighted by Gasteiger charge is -1.96. The van der Waals surface area contributed by atoms with E-state index in [0.717, 1.165) is 11.1 Å². The number of nitrogens with one attached hydrogen (secondary N) is 2. The highest BCUT2D eigenvalue weighted by Gasteiger charge is 2.10. The summed E-state index contributed by atoms with van der Waals surface area (Å²) in [4.78, 5) is 12.0. The molecule has 23 heavy (non-hydrogen) atoms. The van der Waals surface area contributed by atoms with Crippen LogP contribution in [0.3, 0.4) is 0 Å². The second kappa shape index (κ2) is 6.89.